The van der Waals surface area contributed by atoms with Crippen molar-refractivity contribution in [1.82, 2.24) is 4.90 Å². The van der Waals surface area contributed by atoms with E-state index in [4.69, 9.17) is 23.2 Å². The minimum Gasteiger partial charge on any atom is -0.391 e. The average Bonchev–Trinajstić information content (AvgIpc) is 2.72. The Bertz CT molecular complexity index is 948. The van der Waals surface area contributed by atoms with Crippen molar-refractivity contribution in [2.45, 2.75) is 64.6 Å². The van der Waals surface area contributed by atoms with Crippen molar-refractivity contribution in [3.05, 3.63) is 82.4 Å². The highest BCUT2D eigenvalue weighted by Crippen LogP contribution is 2.52. The van der Waals surface area contributed by atoms with E-state index in [0.717, 1.165) is 11.1 Å². The number of aliphatic hydroxyl groups is 1. The van der Waals surface area contributed by atoms with Gasteiger partial charge in [-0.1, -0.05) is 74.3 Å². The Morgan fingerprint density at radius 1 is 1.12 bits per heavy atom. The molecule has 32 heavy (non-hydrogen) atoms. The Kier molecular flexibility index (Phi) is 7.75. The van der Waals surface area contributed by atoms with Gasteiger partial charge in [-0.05, 0) is 61.1 Å². The van der Waals surface area contributed by atoms with Crippen molar-refractivity contribution in [3.63, 3.8) is 0 Å². The summed E-state index contributed by atoms with van der Waals surface area (Å²) in [6, 6.07) is 15.0. The number of likely N-dealkylation sites (tertiary alicyclic amines) is 1. The number of aliphatic hydroxyl groups excluding tert-OH is 1. The Balaban J connectivity index is 2.27. The molecule has 1 aliphatic rings. The van der Waals surface area contributed by atoms with Crippen molar-refractivity contribution < 1.29 is 9.90 Å². The molecule has 0 aromatic heterocycles. The fourth-order valence-electron chi connectivity index (χ4n) is 5.33. The first kappa shape index (κ1) is 24.8. The van der Waals surface area contributed by atoms with Gasteiger partial charge in [0, 0.05) is 16.0 Å². The fraction of sp³-hybridized carbons (Fsp3) is 0.444. The van der Waals surface area contributed by atoms with Crippen LogP contribution >= 0.6 is 23.2 Å². The molecule has 3 rings (SSSR count). The van der Waals surface area contributed by atoms with Gasteiger partial charge in [-0.15, -0.1) is 6.58 Å². The summed E-state index contributed by atoms with van der Waals surface area (Å²) in [7, 11) is 0. The highest BCUT2D eigenvalue weighted by molar-refractivity contribution is 6.30. The summed E-state index contributed by atoms with van der Waals surface area (Å²) in [4.78, 5) is 16.0. The van der Waals surface area contributed by atoms with Crippen molar-refractivity contribution in [2.24, 2.45) is 11.3 Å². The number of rotatable bonds is 7. The van der Waals surface area contributed by atoms with E-state index >= 15 is 0 Å². The van der Waals surface area contributed by atoms with E-state index in [9.17, 15) is 9.90 Å². The summed E-state index contributed by atoms with van der Waals surface area (Å²) in [6.45, 7) is 11.8. The van der Waals surface area contributed by atoms with E-state index in [-0.39, 0.29) is 29.8 Å². The molecule has 3 unspecified atom stereocenters. The highest BCUT2D eigenvalue weighted by Gasteiger charge is 2.52. The number of nitrogens with zero attached hydrogens (tertiary/aromatic N) is 1. The molecule has 172 valence electrons. The topological polar surface area (TPSA) is 40.5 Å². The maximum atomic E-state index is 14.1. The number of hydrogen-bond acceptors (Lipinski definition) is 2. The summed E-state index contributed by atoms with van der Waals surface area (Å²) >= 11 is 12.6. The molecule has 1 saturated heterocycles. The molecule has 1 aliphatic heterocycles. The molecule has 0 radical (unpaired) electrons. The summed E-state index contributed by atoms with van der Waals surface area (Å²) in [5.74, 6) is 0.118. The Morgan fingerprint density at radius 2 is 1.78 bits per heavy atom. The lowest BCUT2D eigenvalue weighted by Crippen LogP contribution is -2.59. The fourth-order valence-corrected chi connectivity index (χ4v) is 5.65. The molecule has 0 spiro atoms. The van der Waals surface area contributed by atoms with Crippen LogP contribution in [0.5, 0.6) is 0 Å². The molecule has 0 bridgehead atoms. The van der Waals surface area contributed by atoms with Gasteiger partial charge in [0.2, 0.25) is 5.91 Å². The van der Waals surface area contributed by atoms with E-state index in [2.05, 4.69) is 26.5 Å². The third-order valence-corrected chi connectivity index (χ3v) is 7.17. The number of halogens is 2. The Labute approximate surface area is 202 Å². The standard InChI is InChI=1S/C27H33Cl2NO2/c1-6-14-27(5)16-23(20-8-7-9-22(29)15-20)25(19-10-12-21(28)13-11-19)30(26(27)32)24(17(2)3)18(4)31/h6-13,15,17-18,23-25,31H,1,14,16H2,2-5H3/t18?,23?,24?,25-,27+/m1/s1. The number of amides is 1. The quantitative estimate of drug-likeness (QED) is 0.438. The molecular formula is C27H33Cl2NO2. The van der Waals surface area contributed by atoms with E-state index in [1.54, 1.807) is 6.92 Å². The van der Waals surface area contributed by atoms with Gasteiger partial charge in [-0.3, -0.25) is 4.79 Å². The first-order valence-electron chi connectivity index (χ1n) is 11.2. The number of allylic oxidation sites excluding steroid dienone is 1. The Morgan fingerprint density at radius 3 is 2.31 bits per heavy atom. The maximum absolute atomic E-state index is 14.1. The van der Waals surface area contributed by atoms with E-state index in [0.29, 0.717) is 22.9 Å². The summed E-state index contributed by atoms with van der Waals surface area (Å²) in [6.07, 6.45) is 2.37. The lowest BCUT2D eigenvalue weighted by Gasteiger charge is -2.53. The summed E-state index contributed by atoms with van der Waals surface area (Å²) < 4.78 is 0. The van der Waals surface area contributed by atoms with E-state index in [1.165, 1.54) is 0 Å². The normalized spacial score (nSPS) is 25.6. The van der Waals surface area contributed by atoms with Crippen LogP contribution in [0, 0.1) is 11.3 Å². The SMILES string of the molecule is C=CC[C@@]1(C)CC(c2cccc(Cl)c2)[C@@H](c2ccc(Cl)cc2)N(C(C(C)C)C(C)O)C1=O. The lowest BCUT2D eigenvalue weighted by atomic mass is 9.66. The molecule has 0 saturated carbocycles. The van der Waals surface area contributed by atoms with Gasteiger partial charge in [-0.2, -0.15) is 0 Å². The second-order valence-electron chi connectivity index (χ2n) is 9.60. The van der Waals surface area contributed by atoms with Crippen LogP contribution in [-0.4, -0.2) is 28.1 Å². The average molecular weight is 474 g/mol. The monoisotopic (exact) mass is 473 g/mol. The van der Waals surface area contributed by atoms with Gasteiger partial charge in [0.05, 0.1) is 23.6 Å². The number of piperidine rings is 1. The van der Waals surface area contributed by atoms with Crippen molar-refractivity contribution in [3.8, 4) is 0 Å². The van der Waals surface area contributed by atoms with Gasteiger partial charge >= 0.3 is 0 Å². The molecule has 1 amide bonds. The van der Waals surface area contributed by atoms with Gasteiger partial charge in [0.25, 0.3) is 0 Å². The number of carbonyl (C=O) groups excluding carboxylic acids is 1. The van der Waals surface area contributed by atoms with Crippen molar-refractivity contribution >= 4 is 29.1 Å². The van der Waals surface area contributed by atoms with E-state index in [1.807, 2.05) is 60.4 Å². The van der Waals surface area contributed by atoms with E-state index < -0.39 is 11.5 Å². The number of hydrogen-bond donors (Lipinski definition) is 1. The summed E-state index contributed by atoms with van der Waals surface area (Å²) in [5.41, 5.74) is 1.46. The smallest absolute Gasteiger partial charge is 0.229 e. The second-order valence-corrected chi connectivity index (χ2v) is 10.5. The zero-order chi connectivity index (χ0) is 23.6. The Hall–Kier alpha value is -1.81. The van der Waals surface area contributed by atoms with Crippen LogP contribution in [0.2, 0.25) is 10.0 Å². The molecule has 1 N–H and O–H groups in total. The molecule has 5 atom stereocenters. The van der Waals surface area contributed by atoms with Crippen LogP contribution in [0.3, 0.4) is 0 Å². The highest BCUT2D eigenvalue weighted by atomic mass is 35.5. The molecule has 5 heteroatoms. The third kappa shape index (κ3) is 4.90. The van der Waals surface area contributed by atoms with Crippen molar-refractivity contribution in [1.29, 1.82) is 0 Å². The van der Waals surface area contributed by atoms with Gasteiger partial charge in [0.15, 0.2) is 0 Å². The first-order chi connectivity index (χ1) is 15.1. The summed E-state index contributed by atoms with van der Waals surface area (Å²) in [5, 5.41) is 12.1. The number of benzene rings is 2. The van der Waals surface area contributed by atoms with Crippen LogP contribution in [0.25, 0.3) is 0 Å². The predicted octanol–water partition coefficient (Wildman–Crippen LogP) is 7.04. The largest absolute Gasteiger partial charge is 0.391 e. The molecule has 1 fully saturated rings. The number of carbonyl (C=O) groups is 1. The molecular weight excluding hydrogens is 441 g/mol. The zero-order valence-corrected chi connectivity index (χ0v) is 20.8. The van der Waals surface area contributed by atoms with Gasteiger partial charge in [-0.25, -0.2) is 0 Å². The molecule has 0 aliphatic carbocycles. The van der Waals surface area contributed by atoms with Crippen LogP contribution < -0.4 is 0 Å². The molecule has 1 heterocycles. The van der Waals surface area contributed by atoms with Crippen LogP contribution in [0.1, 0.15) is 63.6 Å². The van der Waals surface area contributed by atoms with Gasteiger partial charge in [0.1, 0.15) is 0 Å². The first-order valence-corrected chi connectivity index (χ1v) is 12.0. The maximum Gasteiger partial charge on any atom is 0.229 e. The zero-order valence-electron chi connectivity index (χ0n) is 19.3. The van der Waals surface area contributed by atoms with Crippen LogP contribution in [0.15, 0.2) is 61.2 Å². The van der Waals surface area contributed by atoms with Crippen LogP contribution in [-0.2, 0) is 4.79 Å². The molecule has 2 aromatic carbocycles. The molecule has 3 nitrogen and oxygen atoms in total. The molecule has 2 aromatic rings. The van der Waals surface area contributed by atoms with Crippen molar-refractivity contribution in [2.75, 3.05) is 0 Å². The van der Waals surface area contributed by atoms with Gasteiger partial charge < -0.3 is 10.0 Å². The predicted molar refractivity (Wildman–Crippen MR) is 133 cm³/mol. The minimum absolute atomic E-state index is 0.00229. The second kappa shape index (κ2) is 9.99. The van der Waals surface area contributed by atoms with Crippen LogP contribution in [0.4, 0.5) is 0 Å². The lowest BCUT2D eigenvalue weighted by molar-refractivity contribution is -0.160. The minimum atomic E-state index is -0.681. The third-order valence-electron chi connectivity index (χ3n) is 6.68.